The lowest BCUT2D eigenvalue weighted by Crippen LogP contribution is -2.25. The fourth-order valence-corrected chi connectivity index (χ4v) is 11.6. The monoisotopic (exact) mass is 914 g/mol. The summed E-state index contributed by atoms with van der Waals surface area (Å²) < 4.78 is 55.1. The number of sulfonamides is 2. The van der Waals surface area contributed by atoms with Crippen LogP contribution in [-0.2, 0) is 20.0 Å². The molecule has 4 N–H and O–H groups in total. The smallest absolute Gasteiger partial charge is 0.235 e. The van der Waals surface area contributed by atoms with Gasteiger partial charge in [0.05, 0.1) is 43.8 Å². The minimum absolute atomic E-state index is 0.0548. The molecule has 2 aromatic carbocycles. The topological polar surface area (TPSA) is 200 Å². The molecule has 3 unspecified atom stereocenters. The second kappa shape index (κ2) is 18.6. The molecule has 22 heteroatoms. The Kier molecular flexibility index (Phi) is 13.5. The van der Waals surface area contributed by atoms with Crippen LogP contribution < -0.4 is 29.9 Å². The minimum Gasteiger partial charge on any atom is -0.361 e. The van der Waals surface area contributed by atoms with Gasteiger partial charge in [0.15, 0.2) is 10.3 Å². The molecule has 1 aliphatic heterocycles. The molecule has 1 fully saturated rings. The quantitative estimate of drug-likeness (QED) is 0.0643. The molecule has 0 bridgehead atoms. The zero-order valence-corrected chi connectivity index (χ0v) is 38.0. The molecular formula is C37H46N12O4S6. The largest absolute Gasteiger partial charge is 0.361 e. The van der Waals surface area contributed by atoms with Crippen LogP contribution in [0.4, 0.5) is 33.5 Å². The molecule has 0 spiro atoms. The molecule has 16 nitrogen and oxygen atoms in total. The van der Waals surface area contributed by atoms with E-state index in [1.54, 1.807) is 54.4 Å². The predicted molar refractivity (Wildman–Crippen MR) is 246 cm³/mol. The summed E-state index contributed by atoms with van der Waals surface area (Å²) in [6.07, 6.45) is 10.3. The number of aromatic nitrogens is 6. The van der Waals surface area contributed by atoms with Crippen molar-refractivity contribution in [2.45, 2.75) is 23.6 Å². The van der Waals surface area contributed by atoms with Gasteiger partial charge in [-0.25, -0.2) is 46.7 Å². The molecule has 5 heterocycles. The Bertz CT molecular complexity index is 2590. The Morgan fingerprint density at radius 3 is 1.90 bits per heavy atom. The molecular weight excluding hydrogens is 869 g/mol. The Labute approximate surface area is 361 Å². The highest BCUT2D eigenvalue weighted by Gasteiger charge is 2.36. The van der Waals surface area contributed by atoms with Gasteiger partial charge >= 0.3 is 0 Å². The van der Waals surface area contributed by atoms with Crippen LogP contribution in [0.5, 0.6) is 0 Å². The zero-order chi connectivity index (χ0) is 41.7. The van der Waals surface area contributed by atoms with Crippen LogP contribution in [0.1, 0.15) is 13.8 Å². The average Bonchev–Trinajstić information content (AvgIpc) is 3.92. The highest BCUT2D eigenvalue weighted by atomic mass is 32.2. The third-order valence-corrected chi connectivity index (χ3v) is 16.4. The first kappa shape index (κ1) is 42.9. The minimum atomic E-state index is -3.47. The van der Waals surface area contributed by atoms with Crippen LogP contribution in [0, 0.1) is 17.8 Å². The lowest BCUT2D eigenvalue weighted by molar-refractivity contribution is 0.597. The van der Waals surface area contributed by atoms with E-state index in [1.165, 1.54) is 44.6 Å². The molecule has 0 radical (unpaired) electrons. The molecule has 0 aliphatic carbocycles. The normalized spacial score (nSPS) is 16.3. The second-order valence-electron chi connectivity index (χ2n) is 14.5. The second-order valence-corrected chi connectivity index (χ2v) is 22.5. The van der Waals surface area contributed by atoms with Gasteiger partial charge in [-0.05, 0) is 54.5 Å². The first-order valence-corrected chi connectivity index (χ1v) is 26.0. The van der Waals surface area contributed by atoms with Crippen molar-refractivity contribution in [1.82, 2.24) is 29.9 Å². The van der Waals surface area contributed by atoms with Crippen molar-refractivity contribution >= 4 is 120 Å². The van der Waals surface area contributed by atoms with Crippen LogP contribution in [0.2, 0.25) is 0 Å². The maximum absolute atomic E-state index is 13.3. The van der Waals surface area contributed by atoms with E-state index in [0.717, 1.165) is 40.5 Å². The number of nitrogens with one attached hydrogen (secondary N) is 4. The van der Waals surface area contributed by atoms with Crippen molar-refractivity contribution in [3.05, 3.63) is 61.2 Å². The van der Waals surface area contributed by atoms with Gasteiger partial charge in [-0.2, -0.15) is 0 Å². The molecule has 1 aliphatic rings. The average molecular weight is 915 g/mol. The zero-order valence-electron chi connectivity index (χ0n) is 33.1. The molecule has 0 amide bonds. The van der Waals surface area contributed by atoms with E-state index in [2.05, 4.69) is 60.0 Å². The van der Waals surface area contributed by atoms with Crippen LogP contribution in [-0.4, -0.2) is 111 Å². The van der Waals surface area contributed by atoms with Gasteiger partial charge in [-0.15, -0.1) is 23.5 Å². The van der Waals surface area contributed by atoms with Crippen molar-refractivity contribution in [3.8, 4) is 0 Å². The highest BCUT2D eigenvalue weighted by Crippen LogP contribution is 2.35. The van der Waals surface area contributed by atoms with E-state index < -0.39 is 20.0 Å². The van der Waals surface area contributed by atoms with Crippen LogP contribution in [0.3, 0.4) is 0 Å². The standard InChI is InChI=1S/C37H46N12O4S6/c1-23(12-38-34-40-16-28(54-4)17-41-34)15-45-37-47-31-9-7-27(11-33(31)57-37)49-20-25(22-59(49,52)53)21-55-29-18-42-35(43-19-29)39-13-24(2)14-44-36-46-30-8-6-26(10-32(30)56-36)48(3)58(5,50)51/h6-11,16-19,23-25H,12-15,20-22H2,1-5H3,(H,44,46)(H,45,47)(H,38,40,41)(H,39,42,43). The lowest BCUT2D eigenvalue weighted by atomic mass is 10.2. The Morgan fingerprint density at radius 1 is 0.814 bits per heavy atom. The summed E-state index contributed by atoms with van der Waals surface area (Å²) in [4.78, 5) is 28.9. The van der Waals surface area contributed by atoms with E-state index in [-0.39, 0.29) is 23.5 Å². The highest BCUT2D eigenvalue weighted by molar-refractivity contribution is 7.99. The van der Waals surface area contributed by atoms with Crippen LogP contribution in [0.15, 0.2) is 71.0 Å². The number of thioether (sulfide) groups is 2. The number of nitrogens with zero attached hydrogens (tertiary/aromatic N) is 8. The van der Waals surface area contributed by atoms with E-state index in [1.807, 2.05) is 36.6 Å². The number of benzene rings is 2. The Morgan fingerprint density at radius 2 is 1.34 bits per heavy atom. The van der Waals surface area contributed by atoms with E-state index >= 15 is 0 Å². The Balaban J connectivity index is 0.843. The predicted octanol–water partition coefficient (Wildman–Crippen LogP) is 6.48. The van der Waals surface area contributed by atoms with Crippen molar-refractivity contribution in [1.29, 1.82) is 0 Å². The van der Waals surface area contributed by atoms with Gasteiger partial charge in [0.1, 0.15) is 0 Å². The van der Waals surface area contributed by atoms with E-state index in [4.69, 9.17) is 4.98 Å². The van der Waals surface area contributed by atoms with E-state index in [0.29, 0.717) is 61.7 Å². The van der Waals surface area contributed by atoms with Crippen molar-refractivity contribution in [2.24, 2.45) is 17.8 Å². The maximum atomic E-state index is 13.3. The number of rotatable bonds is 19. The summed E-state index contributed by atoms with van der Waals surface area (Å²) in [7, 11) is -5.29. The fraction of sp³-hybridized carbons (Fsp3) is 0.405. The van der Waals surface area contributed by atoms with Gasteiger partial charge < -0.3 is 21.3 Å². The molecule has 0 saturated carbocycles. The summed E-state index contributed by atoms with van der Waals surface area (Å²) >= 11 is 6.15. The van der Waals surface area contributed by atoms with E-state index in [9.17, 15) is 16.8 Å². The summed E-state index contributed by atoms with van der Waals surface area (Å²) in [6.45, 7) is 7.35. The first-order chi connectivity index (χ1) is 28.2. The summed E-state index contributed by atoms with van der Waals surface area (Å²) in [5, 5.41) is 14.9. The van der Waals surface area contributed by atoms with Crippen molar-refractivity contribution in [2.75, 3.05) is 93.7 Å². The summed E-state index contributed by atoms with van der Waals surface area (Å²) in [5.74, 6) is 2.27. The lowest BCUT2D eigenvalue weighted by Gasteiger charge is -2.17. The number of hydrogen-bond donors (Lipinski definition) is 4. The molecule has 314 valence electrons. The summed E-state index contributed by atoms with van der Waals surface area (Å²) in [6, 6.07) is 11.1. The van der Waals surface area contributed by atoms with Gasteiger partial charge in [0.25, 0.3) is 0 Å². The van der Waals surface area contributed by atoms with Gasteiger partial charge in [0.2, 0.25) is 31.9 Å². The first-order valence-electron chi connectivity index (χ1n) is 18.7. The maximum Gasteiger partial charge on any atom is 0.235 e. The third-order valence-electron chi connectivity index (χ3n) is 9.50. The molecule has 1 saturated heterocycles. The van der Waals surface area contributed by atoms with Crippen molar-refractivity contribution in [3.63, 3.8) is 0 Å². The molecule has 7 rings (SSSR count). The number of anilines is 6. The van der Waals surface area contributed by atoms with Gasteiger partial charge in [-0.1, -0.05) is 36.5 Å². The number of thiazole rings is 2. The fourth-order valence-electron chi connectivity index (χ4n) is 6.08. The molecule has 59 heavy (non-hydrogen) atoms. The number of hydrogen-bond acceptors (Lipinski definition) is 18. The third kappa shape index (κ3) is 11.1. The SMILES string of the molecule is CSc1cnc(NCC(C)CNc2nc3ccc(N4CC(CSc5cnc(NCC(C)CNc6nc7ccc(N(C)S(C)(=O)=O)cc7s6)nc5)CS4(=O)=O)cc3s2)nc1. The van der Waals surface area contributed by atoms with Crippen LogP contribution >= 0.6 is 46.2 Å². The molecule has 4 aromatic heterocycles. The molecule has 6 aromatic rings. The van der Waals surface area contributed by atoms with Crippen LogP contribution in [0.25, 0.3) is 20.4 Å². The Hall–Kier alpha value is -4.22. The molecule has 3 atom stereocenters. The van der Waals surface area contributed by atoms with Gasteiger partial charge in [0, 0.05) is 86.0 Å². The number of fused-ring (bicyclic) bond motifs is 2. The van der Waals surface area contributed by atoms with Crippen molar-refractivity contribution < 1.29 is 16.8 Å². The summed E-state index contributed by atoms with van der Waals surface area (Å²) in [5.41, 5.74) is 2.88. The van der Waals surface area contributed by atoms with Gasteiger partial charge in [-0.3, -0.25) is 8.61 Å².